The Hall–Kier alpha value is -1.83. The van der Waals surface area contributed by atoms with Gasteiger partial charge in [0, 0.05) is 19.0 Å². The smallest absolute Gasteiger partial charge is 0.220 e. The molecule has 2 fully saturated rings. The molecule has 7 nitrogen and oxygen atoms in total. The average molecular weight is 392 g/mol. The molecule has 7 heteroatoms. The quantitative estimate of drug-likeness (QED) is 0.658. The van der Waals surface area contributed by atoms with Crippen LogP contribution in [0.15, 0.2) is 18.2 Å². The highest BCUT2D eigenvalue weighted by Crippen LogP contribution is 2.29. The van der Waals surface area contributed by atoms with Gasteiger partial charge in [-0.15, -0.1) is 0 Å². The fourth-order valence-electron chi connectivity index (χ4n) is 4.07. The number of carbonyl (C=O) groups is 1. The third kappa shape index (κ3) is 5.83. The molecule has 0 saturated carbocycles. The lowest BCUT2D eigenvalue weighted by Gasteiger charge is -2.30. The molecule has 0 aliphatic carbocycles. The molecule has 1 aromatic carbocycles. The van der Waals surface area contributed by atoms with Gasteiger partial charge in [-0.3, -0.25) is 9.69 Å². The first-order valence-corrected chi connectivity index (χ1v) is 10.3. The molecule has 0 radical (unpaired) electrons. The molecular weight excluding hydrogens is 358 g/mol. The summed E-state index contributed by atoms with van der Waals surface area (Å²) >= 11 is 0. The molecule has 3 rings (SSSR count). The number of piperidine rings is 1. The van der Waals surface area contributed by atoms with Gasteiger partial charge in [0.2, 0.25) is 5.91 Å². The van der Waals surface area contributed by atoms with E-state index in [-0.39, 0.29) is 18.4 Å². The number of β-amino-alcohol motifs (C(OH)–C–C–N with tert-alkyl or cyclic N) is 1. The fourth-order valence-corrected chi connectivity index (χ4v) is 4.07. The van der Waals surface area contributed by atoms with E-state index >= 15 is 0 Å². The van der Waals surface area contributed by atoms with E-state index in [0.717, 1.165) is 51.1 Å². The third-order valence-electron chi connectivity index (χ3n) is 5.72. The number of benzene rings is 1. The van der Waals surface area contributed by atoms with Crippen molar-refractivity contribution >= 4 is 5.91 Å². The Bertz CT molecular complexity index is 641. The summed E-state index contributed by atoms with van der Waals surface area (Å²) in [5.74, 6) is 1.15. The number of likely N-dealkylation sites (tertiary alicyclic amines) is 2. The highest BCUT2D eigenvalue weighted by molar-refractivity contribution is 5.76. The molecule has 3 N–H and O–H groups in total. The Morgan fingerprint density at radius 2 is 1.89 bits per heavy atom. The standard InChI is InChI=1S/C21H33N3O4/c1-27-19-5-4-16(13-24-10-6-17(7-11-24)21(22)26)12-20(19)28-15-18(25)14-23-8-2-3-9-23/h4-5,12,17-18,25H,2-3,6-11,13-15H2,1H3,(H2,22,26)/t18-/m1/s1. The molecule has 0 spiro atoms. The van der Waals surface area contributed by atoms with Crippen LogP contribution in [0.4, 0.5) is 0 Å². The molecule has 0 aromatic heterocycles. The van der Waals surface area contributed by atoms with Gasteiger partial charge in [-0.1, -0.05) is 6.07 Å². The molecule has 2 aliphatic heterocycles. The Balaban J connectivity index is 1.53. The minimum absolute atomic E-state index is 0.00288. The predicted octanol–water partition coefficient (Wildman–Crippen LogP) is 1.23. The van der Waals surface area contributed by atoms with Gasteiger partial charge in [0.05, 0.1) is 7.11 Å². The van der Waals surface area contributed by atoms with Crippen molar-refractivity contribution in [3.05, 3.63) is 23.8 Å². The summed E-state index contributed by atoms with van der Waals surface area (Å²) in [4.78, 5) is 15.9. The maximum absolute atomic E-state index is 11.3. The molecule has 2 saturated heterocycles. The number of nitrogens with two attached hydrogens (primary N) is 1. The van der Waals surface area contributed by atoms with Gasteiger partial charge in [-0.2, -0.15) is 0 Å². The number of amides is 1. The van der Waals surface area contributed by atoms with Crippen LogP contribution in [0.5, 0.6) is 11.5 Å². The van der Waals surface area contributed by atoms with Crippen molar-refractivity contribution in [3.8, 4) is 11.5 Å². The second kappa shape index (κ2) is 10.1. The summed E-state index contributed by atoms with van der Waals surface area (Å²) in [6.07, 6.45) is 3.54. The zero-order chi connectivity index (χ0) is 19.9. The van der Waals surface area contributed by atoms with Gasteiger partial charge in [0.25, 0.3) is 0 Å². The number of hydrogen-bond donors (Lipinski definition) is 2. The molecule has 1 aromatic rings. The third-order valence-corrected chi connectivity index (χ3v) is 5.72. The number of ether oxygens (including phenoxy) is 2. The van der Waals surface area contributed by atoms with Gasteiger partial charge in [-0.05, 0) is 69.6 Å². The minimum atomic E-state index is -0.515. The number of hydrogen-bond acceptors (Lipinski definition) is 6. The monoisotopic (exact) mass is 391 g/mol. The molecule has 28 heavy (non-hydrogen) atoms. The maximum Gasteiger partial charge on any atom is 0.220 e. The molecule has 2 heterocycles. The van der Waals surface area contributed by atoms with Crippen LogP contribution in [0.3, 0.4) is 0 Å². The van der Waals surface area contributed by atoms with Gasteiger partial charge in [-0.25, -0.2) is 0 Å². The maximum atomic E-state index is 11.3. The van der Waals surface area contributed by atoms with Crippen LogP contribution in [-0.4, -0.2) is 73.4 Å². The average Bonchev–Trinajstić information content (AvgIpc) is 3.20. The summed E-state index contributed by atoms with van der Waals surface area (Å²) in [5, 5.41) is 10.3. The molecular formula is C21H33N3O4. The first-order chi connectivity index (χ1) is 13.5. The molecule has 1 atom stereocenters. The lowest BCUT2D eigenvalue weighted by Crippen LogP contribution is -2.38. The Morgan fingerprint density at radius 1 is 1.18 bits per heavy atom. The summed E-state index contributed by atoms with van der Waals surface area (Å²) in [6, 6.07) is 5.93. The number of primary amides is 1. The highest BCUT2D eigenvalue weighted by Gasteiger charge is 2.23. The van der Waals surface area contributed by atoms with Gasteiger partial charge >= 0.3 is 0 Å². The lowest BCUT2D eigenvalue weighted by atomic mass is 9.96. The Kier molecular flexibility index (Phi) is 7.53. The topological polar surface area (TPSA) is 88.3 Å². The van der Waals surface area contributed by atoms with E-state index in [4.69, 9.17) is 15.2 Å². The van der Waals surface area contributed by atoms with E-state index in [2.05, 4.69) is 9.80 Å². The summed E-state index contributed by atoms with van der Waals surface area (Å²) < 4.78 is 11.3. The second-order valence-corrected chi connectivity index (χ2v) is 7.91. The van der Waals surface area contributed by atoms with Crippen LogP contribution in [0, 0.1) is 5.92 Å². The van der Waals surface area contributed by atoms with Gasteiger partial charge in [0.15, 0.2) is 11.5 Å². The van der Waals surface area contributed by atoms with Crippen LogP contribution in [0.2, 0.25) is 0 Å². The summed E-state index contributed by atoms with van der Waals surface area (Å²) in [6.45, 7) is 5.54. The predicted molar refractivity (Wildman–Crippen MR) is 107 cm³/mol. The van der Waals surface area contributed by atoms with Crippen molar-refractivity contribution in [2.45, 2.75) is 38.3 Å². The number of methoxy groups -OCH3 is 1. The van der Waals surface area contributed by atoms with E-state index in [1.807, 2.05) is 18.2 Å². The first kappa shape index (κ1) is 20.9. The molecule has 2 aliphatic rings. The van der Waals surface area contributed by atoms with Crippen LogP contribution >= 0.6 is 0 Å². The SMILES string of the molecule is COc1ccc(CN2CCC(C(N)=O)CC2)cc1OC[C@H](O)CN1CCCC1. The summed E-state index contributed by atoms with van der Waals surface area (Å²) in [5.41, 5.74) is 6.54. The second-order valence-electron chi connectivity index (χ2n) is 7.91. The lowest BCUT2D eigenvalue weighted by molar-refractivity contribution is -0.123. The van der Waals surface area contributed by atoms with E-state index in [1.54, 1.807) is 7.11 Å². The van der Waals surface area contributed by atoms with E-state index in [0.29, 0.717) is 18.0 Å². The van der Waals surface area contributed by atoms with Crippen LogP contribution < -0.4 is 15.2 Å². The van der Waals surface area contributed by atoms with E-state index in [1.165, 1.54) is 12.8 Å². The van der Waals surface area contributed by atoms with Crippen molar-refractivity contribution in [2.75, 3.05) is 46.4 Å². The number of carbonyl (C=O) groups excluding carboxylic acids is 1. The zero-order valence-corrected chi connectivity index (χ0v) is 16.8. The van der Waals surface area contributed by atoms with E-state index < -0.39 is 6.10 Å². The number of rotatable bonds is 9. The van der Waals surface area contributed by atoms with Crippen molar-refractivity contribution in [2.24, 2.45) is 11.7 Å². The molecule has 156 valence electrons. The van der Waals surface area contributed by atoms with E-state index in [9.17, 15) is 9.90 Å². The van der Waals surface area contributed by atoms with Crippen LogP contribution in [-0.2, 0) is 11.3 Å². The zero-order valence-electron chi connectivity index (χ0n) is 16.8. The van der Waals surface area contributed by atoms with Crippen molar-refractivity contribution in [1.29, 1.82) is 0 Å². The molecule has 0 unspecified atom stereocenters. The normalized spacial score (nSPS) is 20.2. The number of aliphatic hydroxyl groups excluding tert-OH is 1. The van der Waals surface area contributed by atoms with Crippen LogP contribution in [0.1, 0.15) is 31.2 Å². The van der Waals surface area contributed by atoms with Crippen molar-refractivity contribution in [1.82, 2.24) is 9.80 Å². The largest absolute Gasteiger partial charge is 0.493 e. The Morgan fingerprint density at radius 3 is 2.54 bits per heavy atom. The van der Waals surface area contributed by atoms with Gasteiger partial charge in [0.1, 0.15) is 12.7 Å². The number of nitrogens with zero attached hydrogens (tertiary/aromatic N) is 2. The molecule has 1 amide bonds. The first-order valence-electron chi connectivity index (χ1n) is 10.3. The Labute approximate surface area is 167 Å². The number of aliphatic hydroxyl groups is 1. The van der Waals surface area contributed by atoms with Gasteiger partial charge < -0.3 is 25.2 Å². The summed E-state index contributed by atoms with van der Waals surface area (Å²) in [7, 11) is 1.62. The van der Waals surface area contributed by atoms with Crippen LogP contribution in [0.25, 0.3) is 0 Å². The highest BCUT2D eigenvalue weighted by atomic mass is 16.5. The van der Waals surface area contributed by atoms with Crippen molar-refractivity contribution in [3.63, 3.8) is 0 Å². The van der Waals surface area contributed by atoms with Crippen molar-refractivity contribution < 1.29 is 19.4 Å². The molecule has 0 bridgehead atoms. The fraction of sp³-hybridized carbons (Fsp3) is 0.667. The minimum Gasteiger partial charge on any atom is -0.493 e.